The second-order valence-electron chi connectivity index (χ2n) is 11.1. The average molecular weight is 598 g/mol. The molecule has 2 aromatic heterocycles. The van der Waals surface area contributed by atoms with E-state index in [9.17, 15) is 10.1 Å². The molecule has 0 radical (unpaired) electrons. The molecular weight excluding hydrogens is 562 g/mol. The monoisotopic (exact) mass is 597 g/mol. The van der Waals surface area contributed by atoms with Crippen LogP contribution in [-0.2, 0) is 30.6 Å². The molecule has 0 spiro atoms. The lowest BCUT2D eigenvalue weighted by Crippen LogP contribution is -2.26. The van der Waals surface area contributed by atoms with Gasteiger partial charge in [-0.3, -0.25) is 4.79 Å². The highest BCUT2D eigenvalue weighted by Gasteiger charge is 2.32. The fourth-order valence-electron chi connectivity index (χ4n) is 4.93. The zero-order chi connectivity index (χ0) is 28.9. The maximum Gasteiger partial charge on any atom is 0.235 e. The first-order chi connectivity index (χ1) is 19.1. The first-order valence-corrected chi connectivity index (χ1v) is 15.7. The van der Waals surface area contributed by atoms with E-state index in [1.165, 1.54) is 16.6 Å². The van der Waals surface area contributed by atoms with Crippen LogP contribution < -0.4 is 10.1 Å². The number of nitrogens with one attached hydrogen (secondary N) is 1. The largest absolute Gasteiger partial charge is 0.493 e. The molecule has 1 amide bonds. The number of fused-ring (bicyclic) bond motifs is 1. The van der Waals surface area contributed by atoms with Crippen molar-refractivity contribution in [2.45, 2.75) is 71.5 Å². The maximum absolute atomic E-state index is 12.9. The van der Waals surface area contributed by atoms with Crippen LogP contribution in [0.1, 0.15) is 61.0 Å². The molecule has 2 heterocycles. The molecule has 7 nitrogen and oxygen atoms in total. The molecule has 1 aromatic carbocycles. The van der Waals surface area contributed by atoms with Crippen molar-refractivity contribution >= 4 is 45.6 Å². The smallest absolute Gasteiger partial charge is 0.235 e. The fourth-order valence-corrected chi connectivity index (χ4v) is 7.22. The van der Waals surface area contributed by atoms with E-state index in [4.69, 9.17) is 16.3 Å². The number of aromatic nitrogens is 3. The average Bonchev–Trinajstić information content (AvgIpc) is 3.45. The second kappa shape index (κ2) is 13.2. The molecular formula is C30H36ClN5O2S2. The molecule has 1 aliphatic carbocycles. The van der Waals surface area contributed by atoms with Crippen molar-refractivity contribution in [1.29, 1.82) is 5.26 Å². The van der Waals surface area contributed by atoms with Crippen molar-refractivity contribution in [2.24, 2.45) is 11.3 Å². The minimum absolute atomic E-state index is 0.158. The summed E-state index contributed by atoms with van der Waals surface area (Å²) in [6.07, 6.45) is 6.16. The summed E-state index contributed by atoms with van der Waals surface area (Å²) < 4.78 is 7.89. The Hall–Kier alpha value is -2.80. The van der Waals surface area contributed by atoms with E-state index in [2.05, 4.69) is 48.9 Å². The third-order valence-electron chi connectivity index (χ3n) is 7.23. The Kier molecular flexibility index (Phi) is 9.99. The first kappa shape index (κ1) is 30.2. The summed E-state index contributed by atoms with van der Waals surface area (Å²) in [5.41, 5.74) is 2.95. The zero-order valence-electron chi connectivity index (χ0n) is 23.6. The lowest BCUT2D eigenvalue weighted by atomic mass is 9.72. The molecule has 3 aromatic rings. The predicted octanol–water partition coefficient (Wildman–Crippen LogP) is 7.25. The van der Waals surface area contributed by atoms with Crippen molar-refractivity contribution in [3.63, 3.8) is 0 Å². The number of rotatable bonds is 11. The molecule has 0 saturated heterocycles. The van der Waals surface area contributed by atoms with E-state index in [0.29, 0.717) is 46.2 Å². The van der Waals surface area contributed by atoms with Crippen LogP contribution in [0.2, 0.25) is 5.02 Å². The number of hydrogen-bond acceptors (Lipinski definition) is 7. The Balaban J connectivity index is 1.34. The van der Waals surface area contributed by atoms with Crippen molar-refractivity contribution < 1.29 is 9.53 Å². The fraction of sp³-hybridized carbons (Fsp3) is 0.467. The lowest BCUT2D eigenvalue weighted by Gasteiger charge is -2.33. The number of nitrogens with zero attached hydrogens (tertiary/aromatic N) is 4. The first-order valence-electron chi connectivity index (χ1n) is 13.5. The molecule has 4 rings (SSSR count). The molecule has 0 aliphatic heterocycles. The number of nitriles is 1. The van der Waals surface area contributed by atoms with E-state index in [1.54, 1.807) is 17.4 Å². The number of ether oxygens (including phenoxy) is 1. The Morgan fingerprint density at radius 2 is 2.20 bits per heavy atom. The molecule has 212 valence electrons. The third kappa shape index (κ3) is 7.28. The number of thioether (sulfide) groups is 1. The summed E-state index contributed by atoms with van der Waals surface area (Å²) >= 11 is 8.91. The van der Waals surface area contributed by atoms with E-state index in [0.717, 1.165) is 48.4 Å². The van der Waals surface area contributed by atoms with E-state index >= 15 is 0 Å². The van der Waals surface area contributed by atoms with Crippen molar-refractivity contribution in [3.05, 3.63) is 63.3 Å². The van der Waals surface area contributed by atoms with Gasteiger partial charge in [0.25, 0.3) is 0 Å². The number of thiophene rings is 1. The summed E-state index contributed by atoms with van der Waals surface area (Å²) in [4.78, 5) is 14.2. The minimum atomic E-state index is -0.158. The van der Waals surface area contributed by atoms with Gasteiger partial charge >= 0.3 is 0 Å². The number of amides is 1. The SMILES string of the molecule is C=CCn1c(CCCOc2ccc(Cl)cc2C)nnc1SCC(=O)Nc1sc2c(c1C#N)CCC(C(C)(C)C)C2. The third-order valence-corrected chi connectivity index (χ3v) is 9.60. The van der Waals surface area contributed by atoms with Gasteiger partial charge in [0.05, 0.1) is 17.9 Å². The van der Waals surface area contributed by atoms with Crippen LogP contribution in [-0.4, -0.2) is 33.0 Å². The standard InChI is InChI=1S/C30H36ClN5O2S2/c1-6-13-36-26(8-7-14-38-24-12-10-21(31)15-19(24)2)34-35-29(36)39-18-27(37)33-28-23(17-32)22-11-9-20(30(3,4)5)16-25(22)40-28/h6,10,12,15,20H,1,7-9,11,13-14,16,18H2,2-5H3,(H,33,37). The number of carbonyl (C=O) groups excluding carboxylic acids is 1. The van der Waals surface area contributed by atoms with Crippen LogP contribution in [0.25, 0.3) is 0 Å². The Morgan fingerprint density at radius 3 is 2.90 bits per heavy atom. The maximum atomic E-state index is 12.9. The number of anilines is 1. The van der Waals surface area contributed by atoms with Crippen molar-refractivity contribution in [1.82, 2.24) is 14.8 Å². The summed E-state index contributed by atoms with van der Waals surface area (Å²) in [7, 11) is 0. The van der Waals surface area contributed by atoms with Gasteiger partial charge in [0.2, 0.25) is 5.91 Å². The van der Waals surface area contributed by atoms with Crippen molar-refractivity contribution in [3.8, 4) is 11.8 Å². The Bertz CT molecular complexity index is 1420. The Morgan fingerprint density at radius 1 is 1.40 bits per heavy atom. The molecule has 1 atom stereocenters. The molecule has 0 saturated carbocycles. The van der Waals surface area contributed by atoms with Gasteiger partial charge in [-0.15, -0.1) is 28.1 Å². The zero-order valence-corrected chi connectivity index (χ0v) is 25.9. The molecule has 1 unspecified atom stereocenters. The molecule has 0 bridgehead atoms. The van der Waals surface area contributed by atoms with Gasteiger partial charge in [-0.25, -0.2) is 0 Å². The van der Waals surface area contributed by atoms with Gasteiger partial charge in [-0.1, -0.05) is 50.2 Å². The minimum Gasteiger partial charge on any atom is -0.493 e. The lowest BCUT2D eigenvalue weighted by molar-refractivity contribution is -0.113. The summed E-state index contributed by atoms with van der Waals surface area (Å²) in [5.74, 6) is 2.23. The van der Waals surface area contributed by atoms with Gasteiger partial charge in [-0.2, -0.15) is 5.26 Å². The van der Waals surface area contributed by atoms with E-state index in [1.807, 2.05) is 29.7 Å². The number of aryl methyl sites for hydroxylation is 2. The van der Waals surface area contributed by atoms with Crippen LogP contribution in [0, 0.1) is 29.6 Å². The number of halogens is 1. The van der Waals surface area contributed by atoms with E-state index in [-0.39, 0.29) is 17.1 Å². The number of benzene rings is 1. The summed E-state index contributed by atoms with van der Waals surface area (Å²) in [5, 5.41) is 23.6. The highest BCUT2D eigenvalue weighted by Crippen LogP contribution is 2.44. The number of allylic oxidation sites excluding steroid dienone is 1. The quantitative estimate of drug-likeness (QED) is 0.142. The van der Waals surface area contributed by atoms with Crippen LogP contribution in [0.15, 0.2) is 36.0 Å². The summed E-state index contributed by atoms with van der Waals surface area (Å²) in [6, 6.07) is 7.92. The second-order valence-corrected chi connectivity index (χ2v) is 13.6. The van der Waals surface area contributed by atoms with E-state index < -0.39 is 0 Å². The van der Waals surface area contributed by atoms with Crippen LogP contribution in [0.4, 0.5) is 5.00 Å². The van der Waals surface area contributed by atoms with Crippen LogP contribution in [0.5, 0.6) is 5.75 Å². The van der Waals surface area contributed by atoms with Crippen LogP contribution >= 0.6 is 34.7 Å². The normalized spacial score (nSPS) is 14.8. The molecule has 40 heavy (non-hydrogen) atoms. The molecule has 1 N–H and O–H groups in total. The number of hydrogen-bond donors (Lipinski definition) is 1. The highest BCUT2D eigenvalue weighted by molar-refractivity contribution is 7.99. The Labute approximate surface area is 250 Å². The predicted molar refractivity (Wildman–Crippen MR) is 164 cm³/mol. The topological polar surface area (TPSA) is 92.8 Å². The molecule has 10 heteroatoms. The van der Waals surface area contributed by atoms with Gasteiger partial charge < -0.3 is 14.6 Å². The van der Waals surface area contributed by atoms with Crippen LogP contribution in [0.3, 0.4) is 0 Å². The van der Waals surface area contributed by atoms with Gasteiger partial charge in [0, 0.05) is 22.9 Å². The highest BCUT2D eigenvalue weighted by atomic mass is 35.5. The van der Waals surface area contributed by atoms with Gasteiger partial charge in [-0.05, 0) is 73.3 Å². The number of carbonyl (C=O) groups is 1. The molecule has 0 fully saturated rings. The molecule has 1 aliphatic rings. The van der Waals surface area contributed by atoms with Gasteiger partial charge in [0.1, 0.15) is 22.6 Å². The van der Waals surface area contributed by atoms with Gasteiger partial charge in [0.15, 0.2) is 5.16 Å². The summed E-state index contributed by atoms with van der Waals surface area (Å²) in [6.45, 7) is 13.7. The van der Waals surface area contributed by atoms with Crippen molar-refractivity contribution in [2.75, 3.05) is 17.7 Å².